The summed E-state index contributed by atoms with van der Waals surface area (Å²) in [6.45, 7) is 6.91. The maximum atomic E-state index is 13.7. The van der Waals surface area contributed by atoms with Crippen molar-refractivity contribution in [2.24, 2.45) is 5.92 Å². The van der Waals surface area contributed by atoms with Gasteiger partial charge in [-0.25, -0.2) is 4.98 Å². The molecule has 0 aliphatic carbocycles. The van der Waals surface area contributed by atoms with Gasteiger partial charge in [-0.2, -0.15) is 18.2 Å². The highest BCUT2D eigenvalue weighted by Crippen LogP contribution is 2.37. The van der Waals surface area contributed by atoms with Crippen LogP contribution in [-0.4, -0.2) is 16.6 Å². The van der Waals surface area contributed by atoms with Crippen LogP contribution in [0.2, 0.25) is 0 Å². The van der Waals surface area contributed by atoms with Crippen molar-refractivity contribution in [1.29, 1.82) is 0 Å². The molecule has 2 aromatic carbocycles. The lowest BCUT2D eigenvalue weighted by atomic mass is 10.0. The van der Waals surface area contributed by atoms with Crippen LogP contribution in [0.15, 0.2) is 54.7 Å². The Morgan fingerprint density at radius 2 is 1.69 bits per heavy atom. The molecule has 8 heteroatoms. The fraction of sp³-hybridized carbons (Fsp3) is 0.407. The van der Waals surface area contributed by atoms with Gasteiger partial charge in [-0.1, -0.05) is 64.3 Å². The third-order valence-corrected chi connectivity index (χ3v) is 5.34. The summed E-state index contributed by atoms with van der Waals surface area (Å²) < 4.78 is 47.0. The predicted molar refractivity (Wildman–Crippen MR) is 135 cm³/mol. The zero-order valence-corrected chi connectivity index (χ0v) is 20.5. The minimum Gasteiger partial charge on any atom is -0.491 e. The second-order valence-electron chi connectivity index (χ2n) is 8.90. The lowest BCUT2D eigenvalue weighted by Gasteiger charge is -2.17. The van der Waals surface area contributed by atoms with E-state index in [1.165, 1.54) is 5.56 Å². The number of aromatic nitrogens is 2. The third-order valence-electron chi connectivity index (χ3n) is 5.34. The molecule has 0 atom stereocenters. The number of hydrogen-bond donors (Lipinski definition) is 2. The van der Waals surface area contributed by atoms with Crippen LogP contribution >= 0.6 is 0 Å². The molecule has 2 N–H and O–H groups in total. The van der Waals surface area contributed by atoms with Crippen molar-refractivity contribution in [3.8, 4) is 5.75 Å². The topological polar surface area (TPSA) is 59.1 Å². The van der Waals surface area contributed by atoms with Crippen LogP contribution in [0.4, 0.5) is 36.3 Å². The molecule has 0 fully saturated rings. The first-order chi connectivity index (χ1) is 16.8. The maximum Gasteiger partial charge on any atom is 0.421 e. The summed E-state index contributed by atoms with van der Waals surface area (Å²) >= 11 is 0. The molecule has 0 radical (unpaired) electrons. The SMILES string of the molecule is CCCCCCOc1ccccc1Nc1nc(Nc2ccc(CC(C)C)cc2)ncc1C(F)(F)F. The van der Waals surface area contributed by atoms with Crippen LogP contribution in [0, 0.1) is 5.92 Å². The highest BCUT2D eigenvalue weighted by Gasteiger charge is 2.35. The van der Waals surface area contributed by atoms with Crippen LogP contribution in [-0.2, 0) is 12.6 Å². The summed E-state index contributed by atoms with van der Waals surface area (Å²) in [6.07, 6.45) is 1.29. The average molecular weight is 487 g/mol. The monoisotopic (exact) mass is 486 g/mol. The van der Waals surface area contributed by atoms with Crippen molar-refractivity contribution >= 4 is 23.1 Å². The summed E-state index contributed by atoms with van der Waals surface area (Å²) in [5.41, 5.74) is 1.34. The smallest absolute Gasteiger partial charge is 0.421 e. The molecule has 0 aliphatic heterocycles. The van der Waals surface area contributed by atoms with Crippen molar-refractivity contribution in [1.82, 2.24) is 9.97 Å². The van der Waals surface area contributed by atoms with Crippen molar-refractivity contribution in [3.63, 3.8) is 0 Å². The van der Waals surface area contributed by atoms with E-state index in [2.05, 4.69) is 41.4 Å². The Hall–Kier alpha value is -3.29. The molecule has 0 aliphatic rings. The summed E-state index contributed by atoms with van der Waals surface area (Å²) in [6, 6.07) is 14.6. The van der Waals surface area contributed by atoms with Crippen molar-refractivity contribution in [3.05, 3.63) is 65.9 Å². The normalized spacial score (nSPS) is 11.5. The van der Waals surface area contributed by atoms with Gasteiger partial charge in [-0.3, -0.25) is 0 Å². The first kappa shape index (κ1) is 26.3. The average Bonchev–Trinajstić information content (AvgIpc) is 2.80. The van der Waals surface area contributed by atoms with Crippen LogP contribution < -0.4 is 15.4 Å². The molecule has 5 nitrogen and oxygen atoms in total. The van der Waals surface area contributed by atoms with Gasteiger partial charge in [0.1, 0.15) is 17.1 Å². The predicted octanol–water partition coefficient (Wildman–Crippen LogP) is 8.14. The molecule has 0 bridgehead atoms. The first-order valence-corrected chi connectivity index (χ1v) is 12.0. The first-order valence-electron chi connectivity index (χ1n) is 12.0. The lowest BCUT2D eigenvalue weighted by Crippen LogP contribution is -2.13. The number of benzene rings is 2. The summed E-state index contributed by atoms with van der Waals surface area (Å²) in [7, 11) is 0. The molecule has 188 valence electrons. The molecule has 0 saturated carbocycles. The molecule has 35 heavy (non-hydrogen) atoms. The molecule has 3 aromatic rings. The molecule has 0 unspecified atom stereocenters. The summed E-state index contributed by atoms with van der Waals surface area (Å²) in [5.74, 6) is 0.735. The van der Waals surface area contributed by atoms with Gasteiger partial charge in [0.2, 0.25) is 5.95 Å². The Labute approximate surface area is 205 Å². The van der Waals surface area contributed by atoms with Gasteiger partial charge in [-0.05, 0) is 48.6 Å². The van der Waals surface area contributed by atoms with E-state index in [0.29, 0.717) is 29.6 Å². The fourth-order valence-electron chi connectivity index (χ4n) is 3.60. The van der Waals surface area contributed by atoms with Gasteiger partial charge in [-0.15, -0.1) is 0 Å². The second-order valence-corrected chi connectivity index (χ2v) is 8.90. The van der Waals surface area contributed by atoms with Gasteiger partial charge in [0, 0.05) is 11.9 Å². The molecule has 0 amide bonds. The van der Waals surface area contributed by atoms with Crippen molar-refractivity contribution in [2.75, 3.05) is 17.2 Å². The Kier molecular flexibility index (Phi) is 9.34. The van der Waals surface area contributed by atoms with Crippen molar-refractivity contribution in [2.45, 2.75) is 59.1 Å². The Balaban J connectivity index is 1.80. The molecule has 1 aromatic heterocycles. The van der Waals surface area contributed by atoms with Gasteiger partial charge in [0.15, 0.2) is 0 Å². The van der Waals surface area contributed by atoms with Crippen LogP contribution in [0.1, 0.15) is 57.6 Å². The molecule has 1 heterocycles. The number of halogens is 3. The van der Waals surface area contributed by atoms with Crippen LogP contribution in [0.3, 0.4) is 0 Å². The number of rotatable bonds is 12. The zero-order valence-electron chi connectivity index (χ0n) is 20.5. The van der Waals surface area contributed by atoms with E-state index in [-0.39, 0.29) is 11.8 Å². The van der Waals surface area contributed by atoms with Gasteiger partial charge in [0.25, 0.3) is 0 Å². The highest BCUT2D eigenvalue weighted by atomic mass is 19.4. The number of nitrogens with one attached hydrogen (secondary N) is 2. The molecule has 0 saturated heterocycles. The van der Waals surface area contributed by atoms with E-state index in [0.717, 1.165) is 38.3 Å². The van der Waals surface area contributed by atoms with E-state index >= 15 is 0 Å². The summed E-state index contributed by atoms with van der Waals surface area (Å²) in [4.78, 5) is 8.05. The van der Waals surface area contributed by atoms with Crippen molar-refractivity contribution < 1.29 is 17.9 Å². The summed E-state index contributed by atoms with van der Waals surface area (Å²) in [5, 5.41) is 5.82. The number of unbranched alkanes of at least 4 members (excludes halogenated alkanes) is 3. The number of alkyl halides is 3. The molecule has 0 spiro atoms. The number of hydrogen-bond acceptors (Lipinski definition) is 5. The van der Waals surface area contributed by atoms with Gasteiger partial charge < -0.3 is 15.4 Å². The number of para-hydroxylation sites is 2. The Morgan fingerprint density at radius 3 is 2.37 bits per heavy atom. The minimum absolute atomic E-state index is 0.0649. The van der Waals surface area contributed by atoms with E-state index in [9.17, 15) is 13.2 Å². The van der Waals surface area contributed by atoms with Crippen LogP contribution in [0.25, 0.3) is 0 Å². The quantitative estimate of drug-likeness (QED) is 0.253. The van der Waals surface area contributed by atoms with E-state index in [4.69, 9.17) is 4.74 Å². The highest BCUT2D eigenvalue weighted by molar-refractivity contribution is 5.67. The fourth-order valence-corrected chi connectivity index (χ4v) is 3.60. The largest absolute Gasteiger partial charge is 0.491 e. The zero-order chi connectivity index (χ0) is 25.3. The minimum atomic E-state index is -4.62. The lowest BCUT2D eigenvalue weighted by molar-refractivity contribution is -0.137. The molecule has 3 rings (SSSR count). The van der Waals surface area contributed by atoms with Gasteiger partial charge in [0.05, 0.1) is 12.3 Å². The van der Waals surface area contributed by atoms with Crippen LogP contribution in [0.5, 0.6) is 5.75 Å². The van der Waals surface area contributed by atoms with E-state index < -0.39 is 11.7 Å². The van der Waals surface area contributed by atoms with E-state index in [1.54, 1.807) is 24.3 Å². The molecular formula is C27H33F3N4O. The third kappa shape index (κ3) is 8.16. The maximum absolute atomic E-state index is 13.7. The van der Waals surface area contributed by atoms with Gasteiger partial charge >= 0.3 is 6.18 Å². The molecular weight excluding hydrogens is 453 g/mol. The number of nitrogens with zero attached hydrogens (tertiary/aromatic N) is 2. The number of ether oxygens (including phenoxy) is 1. The standard InChI is InChI=1S/C27H33F3N4O/c1-4-5-6-9-16-35-24-11-8-7-10-23(24)33-25-22(27(28,29)30)18-31-26(34-25)32-21-14-12-20(13-15-21)17-19(2)3/h7-8,10-15,18-19H,4-6,9,16-17H2,1-3H3,(H2,31,32,33,34). The van der Waals surface area contributed by atoms with E-state index in [1.807, 2.05) is 24.3 Å². The second kappa shape index (κ2) is 12.4. The Bertz CT molecular complexity index is 1070. The Morgan fingerprint density at radius 1 is 0.943 bits per heavy atom. The number of anilines is 4.